The number of pyridine rings is 1. The number of ether oxygens (including phenoxy) is 1. The van der Waals surface area contributed by atoms with Gasteiger partial charge in [0.25, 0.3) is 11.8 Å². The lowest BCUT2D eigenvalue weighted by Crippen LogP contribution is -2.20. The van der Waals surface area contributed by atoms with Gasteiger partial charge in [0.15, 0.2) is 11.5 Å². The number of rotatable bonds is 10. The number of halogens is 1. The number of aromatic hydroxyl groups is 1. The van der Waals surface area contributed by atoms with E-state index in [4.69, 9.17) is 16.3 Å². The molecule has 42 heavy (non-hydrogen) atoms. The van der Waals surface area contributed by atoms with Crippen LogP contribution in [-0.4, -0.2) is 63.3 Å². The van der Waals surface area contributed by atoms with Gasteiger partial charge in [-0.3, -0.25) is 19.9 Å². The molecule has 10 heteroatoms. The molecule has 0 spiro atoms. The Morgan fingerprint density at radius 3 is 2.60 bits per heavy atom. The lowest BCUT2D eigenvalue weighted by molar-refractivity contribution is 0.0880. The summed E-state index contributed by atoms with van der Waals surface area (Å²) in [6, 6.07) is 16.2. The van der Waals surface area contributed by atoms with Gasteiger partial charge >= 0.3 is 0 Å². The van der Waals surface area contributed by atoms with Gasteiger partial charge in [-0.2, -0.15) is 0 Å². The number of benzene rings is 3. The number of hydrogen-bond donors (Lipinski definition) is 3. The fourth-order valence-corrected chi connectivity index (χ4v) is 5.94. The van der Waals surface area contributed by atoms with Gasteiger partial charge in [-0.15, -0.1) is 0 Å². The quantitative estimate of drug-likeness (QED) is 0.156. The van der Waals surface area contributed by atoms with Crippen LogP contribution < -0.4 is 10.1 Å². The number of fused-ring (bicyclic) bond motifs is 5. The van der Waals surface area contributed by atoms with Crippen molar-refractivity contribution < 1.29 is 24.5 Å². The molecule has 2 aromatic heterocycles. The number of phenolic OH excluding ortho intramolecular Hbond substituents is 1. The van der Waals surface area contributed by atoms with Gasteiger partial charge in [0.2, 0.25) is 0 Å². The van der Waals surface area contributed by atoms with Crippen molar-refractivity contribution in [3.63, 3.8) is 0 Å². The van der Waals surface area contributed by atoms with Crippen molar-refractivity contribution in [2.24, 2.45) is 0 Å². The molecule has 0 unspecified atom stereocenters. The Hall–Kier alpha value is -4.44. The van der Waals surface area contributed by atoms with E-state index in [9.17, 15) is 19.8 Å². The van der Waals surface area contributed by atoms with Gasteiger partial charge in [-0.25, -0.2) is 0 Å². The Morgan fingerprint density at radius 2 is 1.83 bits per heavy atom. The molecule has 3 aromatic carbocycles. The summed E-state index contributed by atoms with van der Waals surface area (Å²) in [7, 11) is 2.03. The average Bonchev–Trinajstić information content (AvgIpc) is 3.44. The monoisotopic (exact) mass is 584 g/mol. The summed E-state index contributed by atoms with van der Waals surface area (Å²) in [6.07, 6.45) is 4.32. The van der Waals surface area contributed by atoms with E-state index >= 15 is 0 Å². The average molecular weight is 585 g/mol. The highest BCUT2D eigenvalue weighted by atomic mass is 35.5. The first-order chi connectivity index (χ1) is 20.4. The van der Waals surface area contributed by atoms with Crippen LogP contribution in [0.5, 0.6) is 11.5 Å². The van der Waals surface area contributed by atoms with Crippen molar-refractivity contribution in [3.05, 3.63) is 88.7 Å². The first-order valence-corrected chi connectivity index (χ1v) is 14.0. The number of carbonyl (C=O) groups excluding carboxylic acids is 2. The number of aliphatic hydroxyl groups is 1. The topological polar surface area (TPSA) is 117 Å². The lowest BCUT2D eigenvalue weighted by Gasteiger charge is -2.17. The van der Waals surface area contributed by atoms with Crippen LogP contribution in [0.1, 0.15) is 32.7 Å². The van der Waals surface area contributed by atoms with Crippen LogP contribution in [0.3, 0.4) is 0 Å². The third-order valence-corrected chi connectivity index (χ3v) is 7.85. The molecule has 5 aromatic rings. The molecular formula is C32H29ClN4O5. The standard InChI is InChI=1S/C32H29ClN4O5/c1-36(18-19-6-4-9-34-17-19)10-5-13-42-27-16-24-22(15-26(27)39)28-25(37(24)11-12-38)14-21(20-7-2-3-8-23(20)33)29-30(28)32(41)35-31(29)40/h2-4,6-9,14-17,38-39H,5,10-13,18H2,1H3,(H,35,40,41). The van der Waals surface area contributed by atoms with Crippen LogP contribution >= 0.6 is 11.6 Å². The summed E-state index contributed by atoms with van der Waals surface area (Å²) in [5, 5.41) is 24.9. The predicted octanol–water partition coefficient (Wildman–Crippen LogP) is 4.99. The van der Waals surface area contributed by atoms with Gasteiger partial charge < -0.3 is 24.4 Å². The van der Waals surface area contributed by atoms with E-state index in [1.165, 1.54) is 0 Å². The molecule has 9 nitrogen and oxygen atoms in total. The fourth-order valence-electron chi connectivity index (χ4n) is 5.70. The number of phenols is 1. The van der Waals surface area contributed by atoms with Crippen molar-refractivity contribution in [3.8, 4) is 22.6 Å². The molecule has 0 atom stereocenters. The minimum atomic E-state index is -0.521. The molecule has 0 bridgehead atoms. The summed E-state index contributed by atoms with van der Waals surface area (Å²) >= 11 is 6.52. The Kier molecular flexibility index (Phi) is 7.55. The maximum atomic E-state index is 13.1. The van der Waals surface area contributed by atoms with Crippen molar-refractivity contribution in [2.45, 2.75) is 19.5 Å². The van der Waals surface area contributed by atoms with E-state index in [1.54, 1.807) is 36.5 Å². The smallest absolute Gasteiger partial charge is 0.259 e. The number of carbonyl (C=O) groups is 2. The summed E-state index contributed by atoms with van der Waals surface area (Å²) in [5.74, 6) is -0.814. The van der Waals surface area contributed by atoms with Crippen LogP contribution in [0.25, 0.3) is 32.9 Å². The first kappa shape index (κ1) is 27.7. The molecular weight excluding hydrogens is 556 g/mol. The molecule has 0 saturated carbocycles. The zero-order chi connectivity index (χ0) is 29.4. The van der Waals surface area contributed by atoms with Gasteiger partial charge in [0.1, 0.15) is 0 Å². The highest BCUT2D eigenvalue weighted by Gasteiger charge is 2.35. The number of hydrogen-bond acceptors (Lipinski definition) is 7. The number of aromatic nitrogens is 2. The largest absolute Gasteiger partial charge is 0.504 e. The van der Waals surface area contributed by atoms with Gasteiger partial charge in [-0.05, 0) is 48.9 Å². The Balaban J connectivity index is 1.38. The Morgan fingerprint density at radius 1 is 1.02 bits per heavy atom. The van der Waals surface area contributed by atoms with Crippen molar-refractivity contribution in [1.82, 2.24) is 19.8 Å². The number of imide groups is 1. The van der Waals surface area contributed by atoms with E-state index < -0.39 is 11.8 Å². The molecule has 3 N–H and O–H groups in total. The van der Waals surface area contributed by atoms with Gasteiger partial charge in [0, 0.05) is 59.5 Å². The van der Waals surface area contributed by atoms with Crippen LogP contribution in [0.15, 0.2) is 67.0 Å². The van der Waals surface area contributed by atoms with Crippen LogP contribution in [0.4, 0.5) is 0 Å². The fraction of sp³-hybridized carbons (Fsp3) is 0.219. The molecule has 1 aliphatic heterocycles. The summed E-state index contributed by atoms with van der Waals surface area (Å²) < 4.78 is 7.87. The molecule has 0 radical (unpaired) electrons. The minimum Gasteiger partial charge on any atom is -0.504 e. The number of amides is 2. The normalized spacial score (nSPS) is 12.9. The second-order valence-corrected chi connectivity index (χ2v) is 10.8. The zero-order valence-electron chi connectivity index (χ0n) is 22.9. The molecule has 214 valence electrons. The summed E-state index contributed by atoms with van der Waals surface area (Å²) in [5.41, 5.74) is 4.00. The second kappa shape index (κ2) is 11.4. The molecule has 6 rings (SSSR count). The van der Waals surface area contributed by atoms with Crippen LogP contribution in [0.2, 0.25) is 5.02 Å². The Bertz CT molecular complexity index is 1840. The highest BCUT2D eigenvalue weighted by Crippen LogP contribution is 2.44. The maximum absolute atomic E-state index is 13.1. The third kappa shape index (κ3) is 4.96. The SMILES string of the molecule is CN(CCCOc1cc2c(cc1O)c1c3c(c(-c4ccccc4Cl)cc1n2CCO)C(=O)NC3=O)Cc1cccnc1. The second-order valence-electron chi connectivity index (χ2n) is 10.3. The molecule has 3 heterocycles. The molecule has 0 fully saturated rings. The van der Waals surface area contributed by atoms with E-state index in [1.807, 2.05) is 42.1 Å². The predicted molar refractivity (Wildman–Crippen MR) is 161 cm³/mol. The molecule has 2 amide bonds. The highest BCUT2D eigenvalue weighted by molar-refractivity contribution is 6.36. The summed E-state index contributed by atoms with van der Waals surface area (Å²) in [6.45, 7) is 1.98. The van der Waals surface area contributed by atoms with Crippen LogP contribution in [0, 0.1) is 0 Å². The van der Waals surface area contributed by atoms with Crippen molar-refractivity contribution in [1.29, 1.82) is 0 Å². The third-order valence-electron chi connectivity index (χ3n) is 7.52. The van der Waals surface area contributed by atoms with Gasteiger partial charge in [0.05, 0.1) is 35.4 Å². The first-order valence-electron chi connectivity index (χ1n) is 13.6. The molecule has 0 saturated heterocycles. The van der Waals surface area contributed by atoms with E-state index in [-0.39, 0.29) is 30.0 Å². The molecule has 1 aliphatic rings. The van der Waals surface area contributed by atoms with Crippen molar-refractivity contribution in [2.75, 3.05) is 26.8 Å². The van der Waals surface area contributed by atoms with E-state index in [0.717, 1.165) is 25.1 Å². The van der Waals surface area contributed by atoms with Crippen molar-refractivity contribution >= 4 is 45.2 Å². The maximum Gasteiger partial charge on any atom is 0.259 e. The number of nitrogens with one attached hydrogen (secondary N) is 1. The molecule has 0 aliphatic carbocycles. The van der Waals surface area contributed by atoms with Crippen LogP contribution in [-0.2, 0) is 13.1 Å². The zero-order valence-corrected chi connectivity index (χ0v) is 23.7. The Labute approximate surface area is 246 Å². The van der Waals surface area contributed by atoms with Gasteiger partial charge in [-0.1, -0.05) is 35.9 Å². The minimum absolute atomic E-state index is 0.0806. The lowest BCUT2D eigenvalue weighted by atomic mass is 9.93. The number of nitrogens with zero attached hydrogens (tertiary/aromatic N) is 3. The van der Waals surface area contributed by atoms with E-state index in [2.05, 4.69) is 15.2 Å². The van der Waals surface area contributed by atoms with E-state index in [0.29, 0.717) is 50.3 Å². The number of aliphatic hydroxyl groups excluding tert-OH is 1. The summed E-state index contributed by atoms with van der Waals surface area (Å²) in [4.78, 5) is 32.5.